The number of amides is 1. The summed E-state index contributed by atoms with van der Waals surface area (Å²) >= 11 is 7.52. The maximum absolute atomic E-state index is 12.3. The van der Waals surface area contributed by atoms with Crippen LogP contribution in [0.25, 0.3) is 0 Å². The Morgan fingerprint density at radius 2 is 2.25 bits per heavy atom. The molecule has 2 nitrogen and oxygen atoms in total. The van der Waals surface area contributed by atoms with Crippen LogP contribution in [-0.2, 0) is 4.79 Å². The fraction of sp³-hybridized carbons (Fsp3) is 0.917. The van der Waals surface area contributed by atoms with E-state index in [9.17, 15) is 4.79 Å². The predicted molar refractivity (Wildman–Crippen MR) is 72.3 cm³/mol. The molecule has 0 N–H and O–H groups in total. The third-order valence-corrected chi connectivity index (χ3v) is 4.53. The maximum Gasteiger partial charge on any atom is 0.235 e. The van der Waals surface area contributed by atoms with Gasteiger partial charge in [-0.2, -0.15) is 0 Å². The average Bonchev–Trinajstić information content (AvgIpc) is 2.30. The number of rotatable bonds is 5. The molecule has 0 radical (unpaired) electrons. The molecule has 1 heterocycles. The van der Waals surface area contributed by atoms with E-state index in [0.29, 0.717) is 17.8 Å². The molecule has 1 aliphatic rings. The van der Waals surface area contributed by atoms with Crippen molar-refractivity contribution in [3.8, 4) is 0 Å². The van der Waals surface area contributed by atoms with Crippen molar-refractivity contribution in [2.45, 2.75) is 50.8 Å². The van der Waals surface area contributed by atoms with Crippen molar-refractivity contribution in [1.82, 2.24) is 4.90 Å². The summed E-state index contributed by atoms with van der Waals surface area (Å²) in [6, 6.07) is 0.290. The van der Waals surface area contributed by atoms with Crippen molar-refractivity contribution in [1.29, 1.82) is 0 Å². The van der Waals surface area contributed by atoms with Gasteiger partial charge in [0.1, 0.15) is 0 Å². The minimum atomic E-state index is 0.200. The van der Waals surface area contributed by atoms with Gasteiger partial charge in [0, 0.05) is 18.5 Å². The van der Waals surface area contributed by atoms with Crippen molar-refractivity contribution < 1.29 is 4.79 Å². The topological polar surface area (TPSA) is 20.3 Å². The zero-order chi connectivity index (χ0) is 12.0. The normalized spacial score (nSPS) is 21.1. The summed E-state index contributed by atoms with van der Waals surface area (Å²) in [6.07, 6.45) is 4.40. The smallest absolute Gasteiger partial charge is 0.235 e. The Bertz CT molecular complexity index is 217. The molecule has 1 saturated heterocycles. The Kier molecular flexibility index (Phi) is 6.59. The SMILES string of the molecule is CC(C)N(CCCCl)C(=O)C1CCCCS1. The summed E-state index contributed by atoms with van der Waals surface area (Å²) in [6.45, 7) is 4.97. The van der Waals surface area contributed by atoms with Gasteiger partial charge in [0.15, 0.2) is 0 Å². The lowest BCUT2D eigenvalue weighted by atomic mass is 10.1. The molecular weight excluding hydrogens is 242 g/mol. The van der Waals surface area contributed by atoms with Crippen LogP contribution in [0.5, 0.6) is 0 Å². The summed E-state index contributed by atoms with van der Waals surface area (Å²) in [5.74, 6) is 2.09. The van der Waals surface area contributed by atoms with Gasteiger partial charge in [-0.3, -0.25) is 4.79 Å². The fourth-order valence-corrected chi connectivity index (χ4v) is 3.36. The molecule has 0 bridgehead atoms. The Morgan fingerprint density at radius 3 is 2.75 bits per heavy atom. The van der Waals surface area contributed by atoms with E-state index >= 15 is 0 Å². The molecule has 1 atom stereocenters. The first-order valence-electron chi connectivity index (χ1n) is 6.15. The van der Waals surface area contributed by atoms with Crippen LogP contribution < -0.4 is 0 Å². The highest BCUT2D eigenvalue weighted by Crippen LogP contribution is 2.27. The Balaban J connectivity index is 2.51. The molecule has 94 valence electrons. The molecule has 0 aromatic carbocycles. The van der Waals surface area contributed by atoms with E-state index < -0.39 is 0 Å². The van der Waals surface area contributed by atoms with Crippen LogP contribution in [0.3, 0.4) is 0 Å². The van der Waals surface area contributed by atoms with Crippen LogP contribution in [0.2, 0.25) is 0 Å². The highest BCUT2D eigenvalue weighted by molar-refractivity contribution is 8.00. The fourth-order valence-electron chi connectivity index (χ4n) is 1.97. The van der Waals surface area contributed by atoms with E-state index in [2.05, 4.69) is 13.8 Å². The number of halogens is 1. The molecule has 0 aromatic heterocycles. The summed E-state index contributed by atoms with van der Waals surface area (Å²) < 4.78 is 0. The molecule has 0 saturated carbocycles. The molecular formula is C12H22ClNOS. The summed E-state index contributed by atoms with van der Waals surface area (Å²) in [7, 11) is 0. The van der Waals surface area contributed by atoms with Crippen LogP contribution in [0.15, 0.2) is 0 Å². The number of carbonyl (C=O) groups excluding carboxylic acids is 1. The van der Waals surface area contributed by atoms with E-state index in [4.69, 9.17) is 11.6 Å². The van der Waals surface area contributed by atoms with Gasteiger partial charge in [0.05, 0.1) is 5.25 Å². The first-order chi connectivity index (χ1) is 7.66. The van der Waals surface area contributed by atoms with Crippen LogP contribution in [0.1, 0.15) is 39.5 Å². The zero-order valence-electron chi connectivity index (χ0n) is 10.2. The van der Waals surface area contributed by atoms with Crippen molar-refractivity contribution in [3.63, 3.8) is 0 Å². The van der Waals surface area contributed by atoms with Crippen LogP contribution in [-0.4, -0.2) is 40.3 Å². The highest BCUT2D eigenvalue weighted by atomic mass is 35.5. The first kappa shape index (κ1) is 14.2. The van der Waals surface area contributed by atoms with Gasteiger partial charge in [-0.25, -0.2) is 0 Å². The van der Waals surface area contributed by atoms with Gasteiger partial charge in [-0.15, -0.1) is 23.4 Å². The van der Waals surface area contributed by atoms with Gasteiger partial charge in [-0.1, -0.05) is 6.42 Å². The van der Waals surface area contributed by atoms with Gasteiger partial charge >= 0.3 is 0 Å². The molecule has 1 aliphatic heterocycles. The standard InChI is InChI=1S/C12H22ClNOS/c1-10(2)14(8-5-7-13)12(15)11-6-3-4-9-16-11/h10-11H,3-9H2,1-2H3. The molecule has 16 heavy (non-hydrogen) atoms. The first-order valence-corrected chi connectivity index (χ1v) is 7.73. The number of carbonyl (C=O) groups is 1. The van der Waals surface area contributed by atoms with Gasteiger partial charge in [0.25, 0.3) is 0 Å². The monoisotopic (exact) mass is 263 g/mol. The maximum atomic E-state index is 12.3. The van der Waals surface area contributed by atoms with E-state index in [1.54, 1.807) is 0 Å². The molecule has 4 heteroatoms. The molecule has 1 amide bonds. The lowest BCUT2D eigenvalue weighted by Gasteiger charge is -2.31. The van der Waals surface area contributed by atoms with Crippen molar-refractivity contribution in [3.05, 3.63) is 0 Å². The lowest BCUT2D eigenvalue weighted by molar-refractivity contribution is -0.132. The van der Waals surface area contributed by atoms with Crippen molar-refractivity contribution in [2.75, 3.05) is 18.2 Å². The van der Waals surface area contributed by atoms with E-state index in [-0.39, 0.29) is 5.25 Å². The molecule has 1 fully saturated rings. The molecule has 0 aliphatic carbocycles. The zero-order valence-corrected chi connectivity index (χ0v) is 11.8. The van der Waals surface area contributed by atoms with Gasteiger partial charge < -0.3 is 4.90 Å². The number of hydrogen-bond acceptors (Lipinski definition) is 2. The van der Waals surface area contributed by atoms with E-state index in [0.717, 1.165) is 25.1 Å². The number of nitrogens with zero attached hydrogens (tertiary/aromatic N) is 1. The highest BCUT2D eigenvalue weighted by Gasteiger charge is 2.27. The minimum Gasteiger partial charge on any atom is -0.339 e. The molecule has 0 spiro atoms. The molecule has 1 rings (SSSR count). The summed E-state index contributed by atoms with van der Waals surface area (Å²) in [4.78, 5) is 14.3. The second-order valence-electron chi connectivity index (χ2n) is 4.52. The lowest BCUT2D eigenvalue weighted by Crippen LogP contribution is -2.43. The summed E-state index contributed by atoms with van der Waals surface area (Å²) in [5, 5.41) is 0.200. The number of alkyl halides is 1. The quantitative estimate of drug-likeness (QED) is 0.711. The van der Waals surface area contributed by atoms with Gasteiger partial charge in [-0.05, 0) is 38.9 Å². The van der Waals surface area contributed by atoms with Crippen LogP contribution in [0, 0.1) is 0 Å². The Morgan fingerprint density at radius 1 is 1.50 bits per heavy atom. The van der Waals surface area contributed by atoms with Crippen molar-refractivity contribution >= 4 is 29.3 Å². The van der Waals surface area contributed by atoms with Crippen LogP contribution in [0.4, 0.5) is 0 Å². The predicted octanol–water partition coefficient (Wildman–Crippen LogP) is 3.14. The third kappa shape index (κ3) is 4.17. The third-order valence-electron chi connectivity index (χ3n) is 2.89. The van der Waals surface area contributed by atoms with E-state index in [1.165, 1.54) is 12.8 Å². The second-order valence-corrected chi connectivity index (χ2v) is 6.21. The molecule has 1 unspecified atom stereocenters. The average molecular weight is 264 g/mol. The minimum absolute atomic E-state index is 0.200. The van der Waals surface area contributed by atoms with Gasteiger partial charge in [0.2, 0.25) is 5.91 Å². The molecule has 0 aromatic rings. The largest absolute Gasteiger partial charge is 0.339 e. The number of thioether (sulfide) groups is 1. The summed E-state index contributed by atoms with van der Waals surface area (Å²) in [5.41, 5.74) is 0. The Labute approximate surface area is 108 Å². The Hall–Kier alpha value is 0.110. The van der Waals surface area contributed by atoms with Crippen LogP contribution >= 0.6 is 23.4 Å². The van der Waals surface area contributed by atoms with Crippen molar-refractivity contribution in [2.24, 2.45) is 0 Å². The number of hydrogen-bond donors (Lipinski definition) is 0. The van der Waals surface area contributed by atoms with E-state index in [1.807, 2.05) is 16.7 Å². The second kappa shape index (κ2) is 7.44.